The number of benzene rings is 2. The predicted molar refractivity (Wildman–Crippen MR) is 116 cm³/mol. The third-order valence-electron chi connectivity index (χ3n) is 4.33. The molecule has 29 heavy (non-hydrogen) atoms. The summed E-state index contributed by atoms with van der Waals surface area (Å²) < 4.78 is 5.66. The first-order valence-electron chi connectivity index (χ1n) is 9.58. The maximum Gasteiger partial charge on any atom is 0.274 e. The summed E-state index contributed by atoms with van der Waals surface area (Å²) in [7, 11) is 0. The maximum atomic E-state index is 12.7. The zero-order valence-electron chi connectivity index (χ0n) is 17.4. The van der Waals surface area contributed by atoms with E-state index in [0.717, 1.165) is 22.7 Å². The van der Waals surface area contributed by atoms with Gasteiger partial charge in [-0.2, -0.15) is 0 Å². The Kier molecular flexibility index (Phi) is 6.12. The van der Waals surface area contributed by atoms with Crippen LogP contribution in [-0.4, -0.2) is 22.0 Å². The molecule has 0 saturated heterocycles. The monoisotopic (exact) mass is 390 g/mol. The normalized spacial score (nSPS) is 10.7. The second kappa shape index (κ2) is 8.73. The molecular weight excluding hydrogens is 364 g/mol. The van der Waals surface area contributed by atoms with Crippen LogP contribution >= 0.6 is 0 Å². The lowest BCUT2D eigenvalue weighted by molar-refractivity contribution is 0.102. The number of nitrogens with one attached hydrogen (secondary N) is 2. The van der Waals surface area contributed by atoms with Gasteiger partial charge in [0.2, 0.25) is 0 Å². The summed E-state index contributed by atoms with van der Waals surface area (Å²) in [4.78, 5) is 21.3. The average Bonchev–Trinajstić information content (AvgIpc) is 2.65. The van der Waals surface area contributed by atoms with Gasteiger partial charge in [-0.3, -0.25) is 4.79 Å². The fourth-order valence-electron chi connectivity index (χ4n) is 2.80. The van der Waals surface area contributed by atoms with E-state index in [-0.39, 0.29) is 12.0 Å². The predicted octanol–water partition coefficient (Wildman–Crippen LogP) is 5.18. The molecule has 0 fully saturated rings. The number of nitrogens with zero attached hydrogens (tertiary/aromatic N) is 2. The number of carbonyl (C=O) groups excluding carboxylic acids is 1. The van der Waals surface area contributed by atoms with Crippen molar-refractivity contribution in [2.24, 2.45) is 0 Å². The molecule has 0 aliphatic heterocycles. The first-order chi connectivity index (χ1) is 13.8. The van der Waals surface area contributed by atoms with Crippen LogP contribution in [0.1, 0.15) is 41.3 Å². The van der Waals surface area contributed by atoms with Gasteiger partial charge in [0, 0.05) is 17.4 Å². The number of carbonyl (C=O) groups is 1. The Morgan fingerprint density at radius 3 is 2.24 bits per heavy atom. The topological polar surface area (TPSA) is 76.1 Å². The van der Waals surface area contributed by atoms with Gasteiger partial charge in [0.1, 0.15) is 23.1 Å². The quantitative estimate of drug-likeness (QED) is 0.606. The highest BCUT2D eigenvalue weighted by Gasteiger charge is 2.12. The molecule has 1 heterocycles. The molecule has 6 heteroatoms. The van der Waals surface area contributed by atoms with E-state index in [2.05, 4.69) is 20.6 Å². The van der Waals surface area contributed by atoms with Crippen LogP contribution in [0.2, 0.25) is 0 Å². The van der Waals surface area contributed by atoms with Gasteiger partial charge in [-0.05, 0) is 82.1 Å². The molecule has 0 aliphatic carbocycles. The van der Waals surface area contributed by atoms with Crippen LogP contribution in [0.25, 0.3) is 0 Å². The van der Waals surface area contributed by atoms with Crippen LogP contribution in [0.5, 0.6) is 5.75 Å². The van der Waals surface area contributed by atoms with Gasteiger partial charge in [-0.1, -0.05) is 6.07 Å². The number of hydrogen-bond acceptors (Lipinski definition) is 5. The standard InChI is InChI=1S/C23H26N4O2/c1-14(2)29-20-10-8-18(9-11-20)26-22-13-21(24-17(5)25-22)23(28)27-19-7-6-15(3)16(4)12-19/h6-14H,1-5H3,(H,27,28)(H,24,25,26). The molecule has 0 radical (unpaired) electrons. The molecule has 0 atom stereocenters. The van der Waals surface area contributed by atoms with Gasteiger partial charge in [0.05, 0.1) is 6.10 Å². The fraction of sp³-hybridized carbons (Fsp3) is 0.261. The number of hydrogen-bond donors (Lipinski definition) is 2. The van der Waals surface area contributed by atoms with Crippen molar-refractivity contribution in [2.75, 3.05) is 10.6 Å². The molecule has 150 valence electrons. The molecule has 2 aromatic carbocycles. The summed E-state index contributed by atoms with van der Waals surface area (Å²) in [6.45, 7) is 9.78. The Balaban J connectivity index is 1.75. The van der Waals surface area contributed by atoms with Gasteiger partial charge in [-0.15, -0.1) is 0 Å². The fourth-order valence-corrected chi connectivity index (χ4v) is 2.80. The zero-order valence-corrected chi connectivity index (χ0v) is 17.4. The van der Waals surface area contributed by atoms with E-state index >= 15 is 0 Å². The average molecular weight is 390 g/mol. The third kappa shape index (κ3) is 5.54. The number of rotatable bonds is 6. The van der Waals surface area contributed by atoms with E-state index in [1.54, 1.807) is 13.0 Å². The van der Waals surface area contributed by atoms with Crippen molar-refractivity contribution < 1.29 is 9.53 Å². The van der Waals surface area contributed by atoms with Gasteiger partial charge in [0.25, 0.3) is 5.91 Å². The highest BCUT2D eigenvalue weighted by atomic mass is 16.5. The Labute approximate surface area is 171 Å². The van der Waals surface area contributed by atoms with Crippen LogP contribution in [0, 0.1) is 20.8 Å². The Bertz CT molecular complexity index is 1010. The SMILES string of the molecule is Cc1nc(Nc2ccc(OC(C)C)cc2)cc(C(=O)Nc2ccc(C)c(C)c2)n1. The number of ether oxygens (including phenoxy) is 1. The van der Waals surface area contributed by atoms with E-state index in [0.29, 0.717) is 17.3 Å². The second-order valence-electron chi connectivity index (χ2n) is 7.25. The van der Waals surface area contributed by atoms with Crippen LogP contribution in [-0.2, 0) is 0 Å². The van der Waals surface area contributed by atoms with E-state index in [1.165, 1.54) is 5.56 Å². The third-order valence-corrected chi connectivity index (χ3v) is 4.33. The summed E-state index contributed by atoms with van der Waals surface area (Å²) in [5, 5.41) is 6.11. The van der Waals surface area contributed by atoms with Crippen LogP contribution < -0.4 is 15.4 Å². The van der Waals surface area contributed by atoms with Crippen LogP contribution in [0.15, 0.2) is 48.5 Å². The number of aryl methyl sites for hydroxylation is 3. The molecule has 0 aliphatic rings. The summed E-state index contributed by atoms with van der Waals surface area (Å²) in [5.41, 5.74) is 4.19. The van der Waals surface area contributed by atoms with Gasteiger partial charge in [-0.25, -0.2) is 9.97 Å². The summed E-state index contributed by atoms with van der Waals surface area (Å²) >= 11 is 0. The van der Waals surface area contributed by atoms with Crippen molar-refractivity contribution >= 4 is 23.1 Å². The van der Waals surface area contributed by atoms with Crippen molar-refractivity contribution in [1.82, 2.24) is 9.97 Å². The zero-order chi connectivity index (χ0) is 21.0. The summed E-state index contributed by atoms with van der Waals surface area (Å²) in [6.07, 6.45) is 0.122. The van der Waals surface area contributed by atoms with Crippen LogP contribution in [0.3, 0.4) is 0 Å². The first-order valence-corrected chi connectivity index (χ1v) is 9.58. The molecule has 0 saturated carbocycles. The lowest BCUT2D eigenvalue weighted by atomic mass is 10.1. The van der Waals surface area contributed by atoms with Gasteiger partial charge < -0.3 is 15.4 Å². The number of amides is 1. The van der Waals surface area contributed by atoms with Crippen LogP contribution in [0.4, 0.5) is 17.2 Å². The minimum absolute atomic E-state index is 0.122. The lowest BCUT2D eigenvalue weighted by Gasteiger charge is -2.12. The van der Waals surface area contributed by atoms with Gasteiger partial charge in [0.15, 0.2) is 0 Å². The summed E-state index contributed by atoms with van der Waals surface area (Å²) in [6, 6.07) is 15.1. The lowest BCUT2D eigenvalue weighted by Crippen LogP contribution is -2.15. The highest BCUT2D eigenvalue weighted by molar-refractivity contribution is 6.03. The molecular formula is C23H26N4O2. The second-order valence-corrected chi connectivity index (χ2v) is 7.25. The molecule has 1 amide bonds. The maximum absolute atomic E-state index is 12.7. The smallest absolute Gasteiger partial charge is 0.274 e. The number of anilines is 3. The Morgan fingerprint density at radius 1 is 0.897 bits per heavy atom. The van der Waals surface area contributed by atoms with Crippen molar-refractivity contribution in [3.63, 3.8) is 0 Å². The first kappa shape index (κ1) is 20.3. The van der Waals surface area contributed by atoms with Gasteiger partial charge >= 0.3 is 0 Å². The molecule has 3 aromatic rings. The van der Waals surface area contributed by atoms with Crippen molar-refractivity contribution in [2.45, 2.75) is 40.7 Å². The van der Waals surface area contributed by atoms with Crippen molar-refractivity contribution in [3.8, 4) is 5.75 Å². The molecule has 3 rings (SSSR count). The van der Waals surface area contributed by atoms with E-state index in [1.807, 2.05) is 70.2 Å². The minimum atomic E-state index is -0.275. The highest BCUT2D eigenvalue weighted by Crippen LogP contribution is 2.21. The van der Waals surface area contributed by atoms with E-state index in [4.69, 9.17) is 4.74 Å². The summed E-state index contributed by atoms with van der Waals surface area (Å²) in [5.74, 6) is 1.60. The molecule has 1 aromatic heterocycles. The number of aromatic nitrogens is 2. The van der Waals surface area contributed by atoms with E-state index in [9.17, 15) is 4.79 Å². The molecule has 0 unspecified atom stereocenters. The Morgan fingerprint density at radius 2 is 1.59 bits per heavy atom. The molecule has 0 spiro atoms. The largest absolute Gasteiger partial charge is 0.491 e. The van der Waals surface area contributed by atoms with Crippen molar-refractivity contribution in [3.05, 3.63) is 71.2 Å². The molecule has 6 nitrogen and oxygen atoms in total. The van der Waals surface area contributed by atoms with Crippen molar-refractivity contribution in [1.29, 1.82) is 0 Å². The minimum Gasteiger partial charge on any atom is -0.491 e. The molecule has 0 bridgehead atoms. The Hall–Kier alpha value is -3.41. The molecule has 2 N–H and O–H groups in total. The van der Waals surface area contributed by atoms with E-state index < -0.39 is 0 Å².